The zero-order valence-electron chi connectivity index (χ0n) is 21.4. The van der Waals surface area contributed by atoms with Crippen LogP contribution in [0.25, 0.3) is 33.4 Å². The van der Waals surface area contributed by atoms with Gasteiger partial charge in [-0.3, -0.25) is 4.79 Å². The lowest BCUT2D eigenvalue weighted by Crippen LogP contribution is -2.73. The van der Waals surface area contributed by atoms with Crippen molar-refractivity contribution >= 4 is 16.9 Å². The SMILES string of the molecule is [NH3+]C1(c2ccc(-c3nc4nc(CCCCN5CCCC5=O)[nH+]cc4cc3-c3ccccc3)cc2)CCC1. The maximum absolute atomic E-state index is 11.8. The normalized spacial score (nSPS) is 16.8. The number of nitrogens with one attached hydrogen (secondary N) is 1. The molecule has 2 aromatic carbocycles. The van der Waals surface area contributed by atoms with Gasteiger partial charge in [0.05, 0.1) is 17.5 Å². The molecule has 6 nitrogen and oxygen atoms in total. The zero-order chi connectivity index (χ0) is 25.2. The minimum absolute atomic E-state index is 0.0754. The molecule has 0 spiro atoms. The fraction of sp³-hybridized carbons (Fsp3) is 0.355. The molecule has 2 aromatic heterocycles. The predicted octanol–water partition coefficient (Wildman–Crippen LogP) is 4.34. The number of carbonyl (C=O) groups excluding carboxylic acids is 1. The molecule has 2 aliphatic rings. The molecule has 4 aromatic rings. The molecule has 0 radical (unpaired) electrons. The minimum atomic E-state index is 0.0754. The maximum atomic E-state index is 11.8. The number of aromatic nitrogens is 3. The van der Waals surface area contributed by atoms with Gasteiger partial charge in [-0.1, -0.05) is 54.6 Å². The number of rotatable bonds is 8. The molecule has 0 unspecified atom stereocenters. The van der Waals surface area contributed by atoms with E-state index in [4.69, 9.17) is 9.97 Å². The first kappa shape index (κ1) is 23.7. The van der Waals surface area contributed by atoms with Gasteiger partial charge in [-0.05, 0) is 42.3 Å². The number of hydrogen-bond acceptors (Lipinski definition) is 3. The highest BCUT2D eigenvalue weighted by atomic mass is 16.2. The van der Waals surface area contributed by atoms with Crippen LogP contribution in [0, 0.1) is 0 Å². The van der Waals surface area contributed by atoms with Crippen molar-refractivity contribution < 1.29 is 15.5 Å². The fourth-order valence-electron chi connectivity index (χ4n) is 5.63. The molecular weight excluding hydrogens is 458 g/mol. The number of aryl methyl sites for hydroxylation is 1. The summed E-state index contributed by atoms with van der Waals surface area (Å²) in [6.45, 7) is 1.76. The number of nitrogens with zero attached hydrogens (tertiary/aromatic N) is 3. The second-order valence-electron chi connectivity index (χ2n) is 10.7. The van der Waals surface area contributed by atoms with Crippen LogP contribution in [0.3, 0.4) is 0 Å². The van der Waals surface area contributed by atoms with Crippen molar-refractivity contribution in [1.82, 2.24) is 14.9 Å². The largest absolute Gasteiger partial charge is 0.349 e. The molecule has 0 bridgehead atoms. The molecule has 1 saturated heterocycles. The number of carbonyl (C=O) groups is 1. The monoisotopic (exact) mass is 493 g/mol. The Morgan fingerprint density at radius 2 is 1.76 bits per heavy atom. The molecule has 4 N–H and O–H groups in total. The summed E-state index contributed by atoms with van der Waals surface area (Å²) in [5.41, 5.74) is 10.9. The van der Waals surface area contributed by atoms with E-state index in [1.54, 1.807) is 0 Å². The molecule has 6 heteroatoms. The van der Waals surface area contributed by atoms with Crippen LogP contribution in [0.15, 0.2) is 66.9 Å². The molecule has 1 saturated carbocycles. The lowest BCUT2D eigenvalue weighted by molar-refractivity contribution is -0.509. The Kier molecular flexibility index (Phi) is 6.43. The van der Waals surface area contributed by atoms with Gasteiger partial charge in [-0.2, -0.15) is 0 Å². The van der Waals surface area contributed by atoms with Gasteiger partial charge in [-0.15, -0.1) is 0 Å². The summed E-state index contributed by atoms with van der Waals surface area (Å²) in [4.78, 5) is 27.2. The third-order valence-corrected chi connectivity index (χ3v) is 8.10. The van der Waals surface area contributed by atoms with Crippen molar-refractivity contribution in [2.45, 2.75) is 56.9 Å². The van der Waals surface area contributed by atoms with E-state index in [0.29, 0.717) is 12.3 Å². The number of fused-ring (bicyclic) bond motifs is 1. The van der Waals surface area contributed by atoms with Gasteiger partial charge in [0.25, 0.3) is 11.5 Å². The van der Waals surface area contributed by atoms with E-state index >= 15 is 0 Å². The molecule has 2 fully saturated rings. The second-order valence-corrected chi connectivity index (χ2v) is 10.7. The first-order valence-electron chi connectivity index (χ1n) is 13.6. The van der Waals surface area contributed by atoms with E-state index in [1.807, 2.05) is 17.2 Å². The summed E-state index contributed by atoms with van der Waals surface area (Å²) in [7, 11) is 0. The standard InChI is InChI=1S/C31H33N5O/c32-31(16-7-17-31)25-14-12-23(13-15-25)29-26(22-8-2-1-3-9-22)20-24-21-33-27(34-30(24)35-29)10-4-5-18-36-19-6-11-28(36)37/h1-3,8-9,12-15,20-21H,4-7,10-11,16-19,32H2/p+2. The quantitative estimate of drug-likeness (QED) is 0.370. The van der Waals surface area contributed by atoms with E-state index in [1.165, 1.54) is 12.0 Å². The van der Waals surface area contributed by atoms with Crippen LogP contribution in [0.2, 0.25) is 0 Å². The smallest absolute Gasteiger partial charge is 0.298 e. The molecule has 37 heavy (non-hydrogen) atoms. The number of H-pyrrole nitrogens is 1. The van der Waals surface area contributed by atoms with E-state index in [9.17, 15) is 4.79 Å². The topological polar surface area (TPSA) is 87.9 Å². The number of aromatic amines is 1. The van der Waals surface area contributed by atoms with Crippen LogP contribution < -0.4 is 10.7 Å². The van der Waals surface area contributed by atoms with Gasteiger partial charge in [0.1, 0.15) is 11.7 Å². The summed E-state index contributed by atoms with van der Waals surface area (Å²) in [5.74, 6) is 1.23. The highest BCUT2D eigenvalue weighted by molar-refractivity contribution is 5.89. The lowest BCUT2D eigenvalue weighted by atomic mass is 9.72. The number of benzene rings is 2. The Morgan fingerprint density at radius 3 is 2.46 bits per heavy atom. The van der Waals surface area contributed by atoms with Crippen molar-refractivity contribution in [2.24, 2.45) is 0 Å². The predicted molar refractivity (Wildman–Crippen MR) is 144 cm³/mol. The molecule has 1 amide bonds. The van der Waals surface area contributed by atoms with Crippen LogP contribution in [-0.4, -0.2) is 33.9 Å². The van der Waals surface area contributed by atoms with Gasteiger partial charge in [-0.25, -0.2) is 9.97 Å². The Labute approximate surface area is 218 Å². The molecule has 3 heterocycles. The molecule has 1 aliphatic carbocycles. The number of pyridine rings is 1. The Hall–Kier alpha value is -3.64. The highest BCUT2D eigenvalue weighted by Gasteiger charge is 2.38. The fourth-order valence-corrected chi connectivity index (χ4v) is 5.63. The zero-order valence-corrected chi connectivity index (χ0v) is 21.4. The third kappa shape index (κ3) is 4.86. The van der Waals surface area contributed by atoms with Crippen molar-refractivity contribution in [2.75, 3.05) is 13.1 Å². The third-order valence-electron chi connectivity index (χ3n) is 8.10. The molecule has 0 atom stereocenters. The Morgan fingerprint density at radius 1 is 0.946 bits per heavy atom. The van der Waals surface area contributed by atoms with Crippen LogP contribution in [0.5, 0.6) is 0 Å². The van der Waals surface area contributed by atoms with E-state index in [-0.39, 0.29) is 5.54 Å². The van der Waals surface area contributed by atoms with Gasteiger partial charge < -0.3 is 10.6 Å². The van der Waals surface area contributed by atoms with Crippen molar-refractivity contribution in [3.05, 3.63) is 78.2 Å². The first-order valence-corrected chi connectivity index (χ1v) is 13.6. The molecular formula is C31H35N5O+2. The minimum Gasteiger partial charge on any atom is -0.349 e. The van der Waals surface area contributed by atoms with Gasteiger partial charge in [0.15, 0.2) is 0 Å². The van der Waals surface area contributed by atoms with Gasteiger partial charge >= 0.3 is 0 Å². The number of unbranched alkanes of at least 4 members (excludes halogenated alkanes) is 1. The summed E-state index contributed by atoms with van der Waals surface area (Å²) in [6, 6.07) is 21.5. The number of hydrogen-bond donors (Lipinski definition) is 1. The Bertz CT molecular complexity index is 1410. The average Bonchev–Trinajstić information content (AvgIpc) is 3.34. The first-order chi connectivity index (χ1) is 18.1. The van der Waals surface area contributed by atoms with E-state index in [0.717, 1.165) is 90.9 Å². The summed E-state index contributed by atoms with van der Waals surface area (Å²) in [6.07, 6.45) is 10.1. The van der Waals surface area contributed by atoms with Crippen molar-refractivity contribution in [3.63, 3.8) is 0 Å². The highest BCUT2D eigenvalue weighted by Crippen LogP contribution is 2.38. The van der Waals surface area contributed by atoms with Crippen LogP contribution in [-0.2, 0) is 16.8 Å². The average molecular weight is 494 g/mol. The van der Waals surface area contributed by atoms with Crippen LogP contribution in [0.4, 0.5) is 0 Å². The van der Waals surface area contributed by atoms with Gasteiger partial charge in [0, 0.05) is 49.0 Å². The van der Waals surface area contributed by atoms with E-state index in [2.05, 4.69) is 65.3 Å². The number of likely N-dealkylation sites (tertiary alicyclic amines) is 1. The van der Waals surface area contributed by atoms with Crippen LogP contribution >= 0.6 is 0 Å². The summed E-state index contributed by atoms with van der Waals surface area (Å²) < 4.78 is 0. The number of amides is 1. The molecule has 6 rings (SSSR count). The summed E-state index contributed by atoms with van der Waals surface area (Å²) >= 11 is 0. The molecule has 1 aliphatic heterocycles. The van der Waals surface area contributed by atoms with Crippen molar-refractivity contribution in [1.29, 1.82) is 0 Å². The Balaban J connectivity index is 1.28. The van der Waals surface area contributed by atoms with E-state index < -0.39 is 0 Å². The van der Waals surface area contributed by atoms with Crippen LogP contribution in [0.1, 0.15) is 56.3 Å². The summed E-state index contributed by atoms with van der Waals surface area (Å²) in [5, 5.41) is 0.997. The molecule has 188 valence electrons. The van der Waals surface area contributed by atoms with Gasteiger partial charge in [0.2, 0.25) is 5.91 Å². The second kappa shape index (κ2) is 10.0. The number of quaternary nitrogens is 1. The maximum Gasteiger partial charge on any atom is 0.298 e. The van der Waals surface area contributed by atoms with Crippen molar-refractivity contribution in [3.8, 4) is 22.4 Å². The lowest BCUT2D eigenvalue weighted by Gasteiger charge is -2.34.